The van der Waals surface area contributed by atoms with Gasteiger partial charge in [0.15, 0.2) is 5.78 Å². The Bertz CT molecular complexity index is 488. The zero-order valence-electron chi connectivity index (χ0n) is 8.14. The average Bonchev–Trinajstić information content (AvgIpc) is 2.67. The van der Waals surface area contributed by atoms with Gasteiger partial charge in [-0.2, -0.15) is 5.10 Å². The molecule has 0 N–H and O–H groups in total. The minimum absolute atomic E-state index is 0.0724. The molecular weight excluding hydrogens is 195 g/mol. The van der Waals surface area contributed by atoms with Crippen LogP contribution in [0.2, 0.25) is 0 Å². The van der Waals surface area contributed by atoms with Gasteiger partial charge in [0.2, 0.25) is 0 Å². The van der Waals surface area contributed by atoms with Crippen molar-refractivity contribution in [2.24, 2.45) is 0 Å². The molecule has 0 spiro atoms. The van der Waals surface area contributed by atoms with Gasteiger partial charge < -0.3 is 0 Å². The lowest BCUT2D eigenvalue weighted by Crippen LogP contribution is -2.05. The quantitative estimate of drug-likeness (QED) is 0.703. The maximum absolute atomic E-state index is 12.7. The minimum Gasteiger partial charge on any atom is -0.293 e. The van der Waals surface area contributed by atoms with Gasteiger partial charge in [0, 0.05) is 6.92 Å². The van der Waals surface area contributed by atoms with Crippen LogP contribution in [0.5, 0.6) is 0 Å². The van der Waals surface area contributed by atoms with Crippen molar-refractivity contribution in [1.29, 1.82) is 0 Å². The largest absolute Gasteiger partial charge is 0.293 e. The topological polar surface area (TPSA) is 34.9 Å². The molecule has 0 saturated carbocycles. The van der Waals surface area contributed by atoms with Gasteiger partial charge in [-0.3, -0.25) is 4.79 Å². The number of rotatable bonds is 2. The zero-order chi connectivity index (χ0) is 10.8. The SMILES string of the molecule is CC(=O)c1ccnn1-c1ccc(F)cc1. The third-order valence-electron chi connectivity index (χ3n) is 2.07. The minimum atomic E-state index is -0.310. The summed E-state index contributed by atoms with van der Waals surface area (Å²) in [6.07, 6.45) is 1.54. The lowest BCUT2D eigenvalue weighted by Gasteiger charge is -2.04. The van der Waals surface area contributed by atoms with E-state index >= 15 is 0 Å². The highest BCUT2D eigenvalue weighted by Gasteiger charge is 2.08. The normalized spacial score (nSPS) is 10.3. The van der Waals surface area contributed by atoms with Gasteiger partial charge in [0.25, 0.3) is 0 Å². The highest BCUT2D eigenvalue weighted by molar-refractivity contribution is 5.92. The van der Waals surface area contributed by atoms with Crippen molar-refractivity contribution < 1.29 is 9.18 Å². The highest BCUT2D eigenvalue weighted by atomic mass is 19.1. The van der Waals surface area contributed by atoms with E-state index in [-0.39, 0.29) is 11.6 Å². The lowest BCUT2D eigenvalue weighted by molar-refractivity contribution is 0.101. The number of nitrogens with zero attached hydrogens (tertiary/aromatic N) is 2. The van der Waals surface area contributed by atoms with Gasteiger partial charge in [0.1, 0.15) is 11.5 Å². The van der Waals surface area contributed by atoms with Gasteiger partial charge in [-0.1, -0.05) is 0 Å². The molecule has 3 nitrogen and oxygen atoms in total. The molecule has 0 fully saturated rings. The maximum Gasteiger partial charge on any atom is 0.178 e. The van der Waals surface area contributed by atoms with Crippen LogP contribution in [0.25, 0.3) is 5.69 Å². The van der Waals surface area contributed by atoms with Crippen LogP contribution in [-0.4, -0.2) is 15.6 Å². The summed E-state index contributed by atoms with van der Waals surface area (Å²) in [5, 5.41) is 4.01. The molecular formula is C11H9FN2O. The number of hydrogen-bond donors (Lipinski definition) is 0. The molecule has 0 aliphatic rings. The highest BCUT2D eigenvalue weighted by Crippen LogP contribution is 2.11. The molecule has 0 unspecified atom stereocenters. The lowest BCUT2D eigenvalue weighted by atomic mass is 10.2. The van der Waals surface area contributed by atoms with E-state index in [4.69, 9.17) is 0 Å². The molecule has 4 heteroatoms. The third-order valence-corrected chi connectivity index (χ3v) is 2.07. The first-order chi connectivity index (χ1) is 7.18. The van der Waals surface area contributed by atoms with Crippen molar-refractivity contribution in [3.63, 3.8) is 0 Å². The number of Topliss-reactive ketones (excluding diaryl/α,β-unsaturated/α-hetero) is 1. The number of carbonyl (C=O) groups is 1. The Kier molecular flexibility index (Phi) is 2.33. The fourth-order valence-electron chi connectivity index (χ4n) is 1.36. The first-order valence-electron chi connectivity index (χ1n) is 4.49. The van der Waals surface area contributed by atoms with E-state index in [0.29, 0.717) is 11.4 Å². The number of ketones is 1. The summed E-state index contributed by atoms with van der Waals surface area (Å²) in [5.41, 5.74) is 1.16. The van der Waals surface area contributed by atoms with Crippen molar-refractivity contribution in [1.82, 2.24) is 9.78 Å². The monoisotopic (exact) mass is 204 g/mol. The molecule has 2 rings (SSSR count). The van der Waals surface area contributed by atoms with E-state index in [1.807, 2.05) is 0 Å². The molecule has 0 aliphatic carbocycles. The van der Waals surface area contributed by atoms with E-state index in [9.17, 15) is 9.18 Å². The van der Waals surface area contributed by atoms with Crippen molar-refractivity contribution in [2.45, 2.75) is 6.92 Å². The van der Waals surface area contributed by atoms with Gasteiger partial charge in [-0.05, 0) is 30.3 Å². The Hall–Kier alpha value is -1.97. The van der Waals surface area contributed by atoms with Crippen LogP contribution in [-0.2, 0) is 0 Å². The predicted octanol–water partition coefficient (Wildman–Crippen LogP) is 2.21. The summed E-state index contributed by atoms with van der Waals surface area (Å²) in [6, 6.07) is 7.46. The van der Waals surface area contributed by atoms with Gasteiger partial charge in [0.05, 0.1) is 11.9 Å². The Balaban J connectivity index is 2.49. The molecule has 0 radical (unpaired) electrons. The molecule has 0 saturated heterocycles. The first-order valence-corrected chi connectivity index (χ1v) is 4.49. The predicted molar refractivity (Wildman–Crippen MR) is 53.5 cm³/mol. The molecule has 2 aromatic rings. The second kappa shape index (κ2) is 3.65. The summed E-state index contributed by atoms with van der Waals surface area (Å²) < 4.78 is 14.2. The Labute approximate surface area is 86.2 Å². The third kappa shape index (κ3) is 1.79. The average molecular weight is 204 g/mol. The summed E-state index contributed by atoms with van der Waals surface area (Å²) in [7, 11) is 0. The zero-order valence-corrected chi connectivity index (χ0v) is 8.14. The van der Waals surface area contributed by atoms with Crippen LogP contribution in [0.15, 0.2) is 36.5 Å². The molecule has 76 valence electrons. The second-order valence-electron chi connectivity index (χ2n) is 3.16. The molecule has 1 aromatic heterocycles. The van der Waals surface area contributed by atoms with E-state index in [1.165, 1.54) is 23.7 Å². The standard InChI is InChI=1S/C11H9FN2O/c1-8(15)11-6-7-13-14(11)10-4-2-9(12)3-5-10/h2-7H,1H3. The van der Waals surface area contributed by atoms with Crippen molar-refractivity contribution >= 4 is 5.78 Å². The van der Waals surface area contributed by atoms with E-state index in [2.05, 4.69) is 5.10 Å². The smallest absolute Gasteiger partial charge is 0.178 e. The fourth-order valence-corrected chi connectivity index (χ4v) is 1.36. The number of hydrogen-bond acceptors (Lipinski definition) is 2. The number of benzene rings is 1. The van der Waals surface area contributed by atoms with Crippen LogP contribution < -0.4 is 0 Å². The van der Waals surface area contributed by atoms with Gasteiger partial charge >= 0.3 is 0 Å². The maximum atomic E-state index is 12.7. The molecule has 0 aliphatic heterocycles. The summed E-state index contributed by atoms with van der Waals surface area (Å²) in [5.74, 6) is -0.382. The van der Waals surface area contributed by atoms with E-state index in [1.54, 1.807) is 24.4 Å². The number of aromatic nitrogens is 2. The molecule has 0 atom stereocenters. The van der Waals surface area contributed by atoms with Crippen molar-refractivity contribution in [3.8, 4) is 5.69 Å². The molecule has 0 amide bonds. The summed E-state index contributed by atoms with van der Waals surface area (Å²) >= 11 is 0. The molecule has 0 bridgehead atoms. The summed E-state index contributed by atoms with van der Waals surface area (Å²) in [4.78, 5) is 11.2. The van der Waals surface area contributed by atoms with E-state index < -0.39 is 0 Å². The first kappa shape index (κ1) is 9.58. The molecule has 1 aromatic carbocycles. The van der Waals surface area contributed by atoms with Crippen LogP contribution in [0.4, 0.5) is 4.39 Å². The van der Waals surface area contributed by atoms with Gasteiger partial charge in [-0.15, -0.1) is 0 Å². The number of carbonyl (C=O) groups excluding carboxylic acids is 1. The van der Waals surface area contributed by atoms with Crippen LogP contribution in [0.3, 0.4) is 0 Å². The molecule has 1 heterocycles. The van der Waals surface area contributed by atoms with E-state index in [0.717, 1.165) is 0 Å². The van der Waals surface area contributed by atoms with Crippen molar-refractivity contribution in [2.75, 3.05) is 0 Å². The van der Waals surface area contributed by atoms with Crippen LogP contribution in [0.1, 0.15) is 17.4 Å². The van der Waals surface area contributed by atoms with Crippen LogP contribution in [0, 0.1) is 5.82 Å². The van der Waals surface area contributed by atoms with Gasteiger partial charge in [-0.25, -0.2) is 9.07 Å². The number of halogens is 1. The summed E-state index contributed by atoms with van der Waals surface area (Å²) in [6.45, 7) is 1.47. The Morgan fingerprint density at radius 2 is 1.93 bits per heavy atom. The molecule has 15 heavy (non-hydrogen) atoms. The van der Waals surface area contributed by atoms with Crippen molar-refractivity contribution in [3.05, 3.63) is 48.0 Å². The Morgan fingerprint density at radius 3 is 2.53 bits per heavy atom. The Morgan fingerprint density at radius 1 is 1.27 bits per heavy atom. The second-order valence-corrected chi connectivity index (χ2v) is 3.16. The van der Waals surface area contributed by atoms with Crippen LogP contribution >= 0.6 is 0 Å². The fraction of sp³-hybridized carbons (Fsp3) is 0.0909.